The summed E-state index contributed by atoms with van der Waals surface area (Å²) in [6.07, 6.45) is 0. The van der Waals surface area contributed by atoms with E-state index in [1.165, 1.54) is 12.1 Å². The normalized spacial score (nSPS) is 12.6. The van der Waals surface area contributed by atoms with Gasteiger partial charge in [0.25, 0.3) is 5.56 Å². The Morgan fingerprint density at radius 1 is 0.952 bits per heavy atom. The molecule has 0 bridgehead atoms. The quantitative estimate of drug-likeness (QED) is 0.497. The molecule has 2 aromatic carbocycles. The summed E-state index contributed by atoms with van der Waals surface area (Å²) in [4.78, 5) is 28.8. The summed E-state index contributed by atoms with van der Waals surface area (Å²) < 4.78 is 27.7. The fourth-order valence-corrected chi connectivity index (χ4v) is 2.54. The van der Waals surface area contributed by atoms with Gasteiger partial charge in [-0.3, -0.25) is 14.2 Å². The van der Waals surface area contributed by atoms with Gasteiger partial charge in [-0.2, -0.15) is 0 Å². The van der Waals surface area contributed by atoms with E-state index in [2.05, 4.69) is 4.98 Å². The second-order valence-electron chi connectivity index (χ2n) is 4.73. The van der Waals surface area contributed by atoms with Crippen LogP contribution in [0.3, 0.4) is 0 Å². The van der Waals surface area contributed by atoms with E-state index in [0.717, 1.165) is 28.8 Å². The van der Waals surface area contributed by atoms with Crippen molar-refractivity contribution >= 4 is 16.7 Å². The average Bonchev–Trinajstić information content (AvgIpc) is 2.73. The first-order valence-corrected chi connectivity index (χ1v) is 6.13. The zero-order chi connectivity index (χ0) is 14.7. The zero-order valence-corrected chi connectivity index (χ0v) is 10.4. The van der Waals surface area contributed by atoms with Crippen molar-refractivity contribution in [1.29, 1.82) is 0 Å². The van der Waals surface area contributed by atoms with Crippen LogP contribution in [0, 0.1) is 11.6 Å². The van der Waals surface area contributed by atoms with Gasteiger partial charge in [0.15, 0.2) is 5.82 Å². The number of nitrogens with zero attached hydrogens (tertiary/aromatic N) is 2. The lowest BCUT2D eigenvalue weighted by atomic mass is 10.1. The highest BCUT2D eigenvalue weighted by Gasteiger charge is 2.30. The first kappa shape index (κ1) is 11.9. The van der Waals surface area contributed by atoms with Gasteiger partial charge in [0.1, 0.15) is 11.6 Å². The Morgan fingerprint density at radius 2 is 1.67 bits per heavy atom. The molecule has 1 aliphatic heterocycles. The number of ketones is 1. The Bertz CT molecular complexity index is 1010. The SMILES string of the molecule is O=C1c2cc(F)ccc2-n2c1nc1ccc(F)cc1c2=O. The molecule has 0 unspecified atom stereocenters. The van der Waals surface area contributed by atoms with E-state index < -0.39 is 23.0 Å². The van der Waals surface area contributed by atoms with Crippen LogP contribution in [0.5, 0.6) is 0 Å². The second-order valence-corrected chi connectivity index (χ2v) is 4.73. The lowest BCUT2D eigenvalue weighted by molar-refractivity contribution is 0.103. The Hall–Kier alpha value is -2.89. The Balaban J connectivity index is 2.18. The highest BCUT2D eigenvalue weighted by molar-refractivity contribution is 6.13. The van der Waals surface area contributed by atoms with Crippen molar-refractivity contribution in [3.8, 4) is 5.69 Å². The van der Waals surface area contributed by atoms with Gasteiger partial charge in [0.2, 0.25) is 5.78 Å². The minimum absolute atomic E-state index is 0.0729. The highest BCUT2D eigenvalue weighted by atomic mass is 19.1. The van der Waals surface area contributed by atoms with Gasteiger partial charge in [0, 0.05) is 0 Å². The van der Waals surface area contributed by atoms with E-state index in [1.54, 1.807) is 0 Å². The first-order valence-electron chi connectivity index (χ1n) is 6.13. The lowest BCUT2D eigenvalue weighted by Crippen LogP contribution is -2.21. The number of carbonyl (C=O) groups is 1. The molecule has 0 radical (unpaired) electrons. The van der Waals surface area contributed by atoms with Crippen molar-refractivity contribution in [2.45, 2.75) is 0 Å². The molecule has 3 aromatic rings. The van der Waals surface area contributed by atoms with Crippen molar-refractivity contribution in [1.82, 2.24) is 9.55 Å². The maximum absolute atomic E-state index is 13.3. The Morgan fingerprint density at radius 3 is 2.48 bits per heavy atom. The summed E-state index contributed by atoms with van der Waals surface area (Å²) in [5, 5.41) is 0.0729. The van der Waals surface area contributed by atoms with Crippen molar-refractivity contribution < 1.29 is 13.6 Å². The fraction of sp³-hybridized carbons (Fsp3) is 0. The molecule has 102 valence electrons. The number of benzene rings is 2. The van der Waals surface area contributed by atoms with Gasteiger partial charge in [-0.1, -0.05) is 0 Å². The molecule has 2 heterocycles. The molecule has 1 aromatic heterocycles. The number of hydrogen-bond acceptors (Lipinski definition) is 3. The monoisotopic (exact) mass is 284 g/mol. The molecule has 0 atom stereocenters. The molecule has 0 fully saturated rings. The predicted molar refractivity (Wildman–Crippen MR) is 70.7 cm³/mol. The lowest BCUT2D eigenvalue weighted by Gasteiger charge is -2.05. The molecule has 1 aliphatic rings. The van der Waals surface area contributed by atoms with E-state index in [1.807, 2.05) is 0 Å². The molecule has 0 aliphatic carbocycles. The van der Waals surface area contributed by atoms with E-state index in [4.69, 9.17) is 0 Å². The summed E-state index contributed by atoms with van der Waals surface area (Å²) in [7, 11) is 0. The molecule has 0 saturated heterocycles. The maximum Gasteiger partial charge on any atom is 0.266 e. The summed E-state index contributed by atoms with van der Waals surface area (Å²) in [5.41, 5.74) is 0.0259. The van der Waals surface area contributed by atoms with Crippen molar-refractivity contribution in [3.05, 3.63) is 69.8 Å². The minimum atomic E-state index is -0.571. The van der Waals surface area contributed by atoms with Crippen LogP contribution < -0.4 is 5.56 Å². The summed E-state index contributed by atoms with van der Waals surface area (Å²) >= 11 is 0. The molecular weight excluding hydrogens is 278 g/mol. The van der Waals surface area contributed by atoms with E-state index in [0.29, 0.717) is 0 Å². The molecule has 0 saturated carbocycles. The third-order valence-corrected chi connectivity index (χ3v) is 3.48. The molecule has 4 rings (SSSR count). The van der Waals surface area contributed by atoms with Crippen molar-refractivity contribution in [2.75, 3.05) is 0 Å². The maximum atomic E-state index is 13.3. The summed E-state index contributed by atoms with van der Waals surface area (Å²) in [5.74, 6) is -1.74. The summed E-state index contributed by atoms with van der Waals surface area (Å²) in [6.45, 7) is 0. The van der Waals surface area contributed by atoms with Gasteiger partial charge in [0.05, 0.1) is 22.2 Å². The van der Waals surface area contributed by atoms with Crippen LogP contribution in [0.25, 0.3) is 16.6 Å². The topological polar surface area (TPSA) is 52.0 Å². The second kappa shape index (κ2) is 3.82. The average molecular weight is 284 g/mol. The minimum Gasteiger partial charge on any atom is -0.285 e. The fourth-order valence-electron chi connectivity index (χ4n) is 2.54. The van der Waals surface area contributed by atoms with E-state index in [9.17, 15) is 18.4 Å². The molecule has 0 N–H and O–H groups in total. The van der Waals surface area contributed by atoms with Crippen LogP contribution in [0.2, 0.25) is 0 Å². The molecule has 4 nitrogen and oxygen atoms in total. The molecule has 0 amide bonds. The predicted octanol–water partition coefficient (Wildman–Crippen LogP) is 2.21. The zero-order valence-electron chi connectivity index (χ0n) is 10.4. The number of aromatic nitrogens is 2. The van der Waals surface area contributed by atoms with Crippen LogP contribution >= 0.6 is 0 Å². The van der Waals surface area contributed by atoms with Crippen LogP contribution in [0.4, 0.5) is 8.78 Å². The Kier molecular flexibility index (Phi) is 2.16. The van der Waals surface area contributed by atoms with Crippen LogP contribution in [-0.2, 0) is 0 Å². The number of rotatable bonds is 0. The third kappa shape index (κ3) is 1.50. The van der Waals surface area contributed by atoms with Gasteiger partial charge >= 0.3 is 0 Å². The van der Waals surface area contributed by atoms with E-state index >= 15 is 0 Å². The number of hydrogen-bond donors (Lipinski definition) is 0. The summed E-state index contributed by atoms with van der Waals surface area (Å²) in [6, 6.07) is 7.14. The Labute approximate surface area is 116 Å². The standard InChI is InChI=1S/C15H6F2N2O2/c16-7-1-3-11-9(5-7)15(21)19-12-4-2-8(17)6-10(12)13(20)14(19)18-11/h1-6H. The van der Waals surface area contributed by atoms with Crippen molar-refractivity contribution in [3.63, 3.8) is 0 Å². The van der Waals surface area contributed by atoms with Crippen LogP contribution in [-0.4, -0.2) is 15.3 Å². The molecular formula is C15H6F2N2O2. The number of fused-ring (bicyclic) bond motifs is 4. The molecule has 21 heavy (non-hydrogen) atoms. The largest absolute Gasteiger partial charge is 0.285 e. The van der Waals surface area contributed by atoms with Crippen LogP contribution in [0.15, 0.2) is 41.2 Å². The van der Waals surface area contributed by atoms with Gasteiger partial charge in [-0.25, -0.2) is 13.8 Å². The first-order chi connectivity index (χ1) is 10.1. The molecule has 0 spiro atoms. The highest BCUT2D eigenvalue weighted by Crippen LogP contribution is 2.26. The number of halogens is 2. The van der Waals surface area contributed by atoms with Gasteiger partial charge < -0.3 is 0 Å². The van der Waals surface area contributed by atoms with Gasteiger partial charge in [-0.15, -0.1) is 0 Å². The van der Waals surface area contributed by atoms with Crippen molar-refractivity contribution in [2.24, 2.45) is 0 Å². The van der Waals surface area contributed by atoms with Gasteiger partial charge in [-0.05, 0) is 36.4 Å². The number of carbonyl (C=O) groups excluding carboxylic acids is 1. The third-order valence-electron chi connectivity index (χ3n) is 3.48. The molecule has 6 heteroatoms. The smallest absolute Gasteiger partial charge is 0.266 e. The van der Waals surface area contributed by atoms with Crippen LogP contribution in [0.1, 0.15) is 16.2 Å². The van der Waals surface area contributed by atoms with E-state index in [-0.39, 0.29) is 28.0 Å².